The Bertz CT molecular complexity index is 631. The van der Waals surface area contributed by atoms with Gasteiger partial charge >= 0.3 is 5.97 Å². The maximum Gasteiger partial charge on any atom is 0.312 e. The van der Waals surface area contributed by atoms with E-state index in [0.29, 0.717) is 6.42 Å². The quantitative estimate of drug-likeness (QED) is 0.189. The summed E-state index contributed by atoms with van der Waals surface area (Å²) < 4.78 is 11.7. The van der Waals surface area contributed by atoms with Gasteiger partial charge in [0.25, 0.3) is 0 Å². The van der Waals surface area contributed by atoms with Crippen LogP contribution in [0.4, 0.5) is 0 Å². The minimum atomic E-state index is -2.08. The van der Waals surface area contributed by atoms with Gasteiger partial charge in [-0.3, -0.25) is 4.79 Å². The minimum Gasteiger partial charge on any atom is -0.413 e. The lowest BCUT2D eigenvalue weighted by Gasteiger charge is -2.40. The van der Waals surface area contributed by atoms with Gasteiger partial charge in [0.2, 0.25) is 5.88 Å². The normalized spacial score (nSPS) is 14.2. The number of carbonyl (C=O) groups is 1. The van der Waals surface area contributed by atoms with Gasteiger partial charge in [0.15, 0.2) is 8.32 Å². The predicted octanol–water partition coefficient (Wildman–Crippen LogP) is 5.16. The van der Waals surface area contributed by atoms with Crippen molar-refractivity contribution in [2.75, 3.05) is 6.26 Å². The molecule has 0 aliphatic carbocycles. The molecule has 0 radical (unpaired) electrons. The van der Waals surface area contributed by atoms with Crippen LogP contribution in [-0.2, 0) is 9.22 Å². The van der Waals surface area contributed by atoms with Crippen molar-refractivity contribution in [2.24, 2.45) is 5.11 Å². The number of ether oxygens (including phenoxy) is 1. The number of azide groups is 1. The molecule has 0 bridgehead atoms. The fraction of sp³-hybridized carbons (Fsp3) is 0.647. The number of hydrogen-bond donors (Lipinski definition) is 0. The second kappa shape index (κ2) is 9.96. The highest BCUT2D eigenvalue weighted by Crippen LogP contribution is 2.39. The summed E-state index contributed by atoms with van der Waals surface area (Å²) in [4.78, 5) is 19.0. The van der Waals surface area contributed by atoms with E-state index in [4.69, 9.17) is 14.7 Å². The summed E-state index contributed by atoms with van der Waals surface area (Å²) in [5.41, 5.74) is 8.85. The Morgan fingerprint density at radius 3 is 2.62 bits per heavy atom. The molecule has 26 heavy (non-hydrogen) atoms. The molecule has 0 aliphatic rings. The lowest BCUT2D eigenvalue weighted by molar-refractivity contribution is -0.135. The van der Waals surface area contributed by atoms with Crippen molar-refractivity contribution < 1.29 is 14.0 Å². The first-order chi connectivity index (χ1) is 12.1. The smallest absolute Gasteiger partial charge is 0.312 e. The van der Waals surface area contributed by atoms with Crippen molar-refractivity contribution in [3.05, 3.63) is 34.8 Å². The zero-order chi connectivity index (χ0) is 19.8. The third-order valence-corrected chi connectivity index (χ3v) is 9.85. The van der Waals surface area contributed by atoms with Gasteiger partial charge < -0.3 is 9.16 Å². The molecular weight excluding hydrogens is 368 g/mol. The van der Waals surface area contributed by atoms with Crippen LogP contribution >= 0.6 is 11.8 Å². The first kappa shape index (κ1) is 22.5. The summed E-state index contributed by atoms with van der Waals surface area (Å²) in [6, 6.07) is 5.14. The van der Waals surface area contributed by atoms with E-state index in [1.807, 2.05) is 6.26 Å². The zero-order valence-electron chi connectivity index (χ0n) is 16.3. The van der Waals surface area contributed by atoms with Crippen LogP contribution in [0.3, 0.4) is 0 Å². The molecule has 1 aromatic heterocycles. The van der Waals surface area contributed by atoms with Crippen LogP contribution in [0.15, 0.2) is 29.5 Å². The van der Waals surface area contributed by atoms with E-state index >= 15 is 0 Å². The van der Waals surface area contributed by atoms with E-state index in [0.717, 1.165) is 0 Å². The molecule has 0 aliphatic heterocycles. The molecule has 0 fully saturated rings. The van der Waals surface area contributed by atoms with Gasteiger partial charge in [-0.05, 0) is 42.4 Å². The van der Waals surface area contributed by atoms with Crippen molar-refractivity contribution >= 4 is 26.0 Å². The third-order valence-electron chi connectivity index (χ3n) is 4.47. The fourth-order valence-electron chi connectivity index (χ4n) is 1.97. The van der Waals surface area contributed by atoms with E-state index in [1.54, 1.807) is 24.4 Å². The molecule has 2 atom stereocenters. The molecule has 9 heteroatoms. The molecular formula is C17H28N4O3SSi. The number of rotatable bonds is 9. The highest BCUT2D eigenvalue weighted by Gasteiger charge is 2.40. The number of thioether (sulfide) groups is 1. The Labute approximate surface area is 160 Å². The first-order valence-corrected chi connectivity index (χ1v) is 12.7. The summed E-state index contributed by atoms with van der Waals surface area (Å²) in [6.45, 7) is 10.7. The molecule has 144 valence electrons. The maximum atomic E-state index is 12.1. The second-order valence-electron chi connectivity index (χ2n) is 7.43. The van der Waals surface area contributed by atoms with Gasteiger partial charge in [0.1, 0.15) is 5.37 Å². The van der Waals surface area contributed by atoms with E-state index in [9.17, 15) is 4.79 Å². The average Bonchev–Trinajstić information content (AvgIpc) is 2.56. The first-order valence-electron chi connectivity index (χ1n) is 8.47. The van der Waals surface area contributed by atoms with Gasteiger partial charge in [-0.2, -0.15) is 11.8 Å². The maximum absolute atomic E-state index is 12.1. The largest absolute Gasteiger partial charge is 0.413 e. The molecule has 1 heterocycles. The summed E-state index contributed by atoms with van der Waals surface area (Å²) in [5.74, 6) is -0.107. The van der Waals surface area contributed by atoms with Crippen molar-refractivity contribution in [2.45, 2.75) is 63.2 Å². The molecule has 7 nitrogen and oxygen atoms in total. The molecule has 0 spiro atoms. The Morgan fingerprint density at radius 1 is 1.42 bits per heavy atom. The molecule has 0 N–H and O–H groups in total. The summed E-state index contributed by atoms with van der Waals surface area (Å²) in [7, 11) is -2.08. The minimum absolute atomic E-state index is 0.0129. The predicted molar refractivity (Wildman–Crippen MR) is 108 cm³/mol. The second-order valence-corrected chi connectivity index (χ2v) is 13.1. The number of aromatic nitrogens is 1. The van der Waals surface area contributed by atoms with Gasteiger partial charge in [-0.15, -0.1) is 0 Å². The van der Waals surface area contributed by atoms with Crippen LogP contribution in [0.1, 0.15) is 33.6 Å². The average molecular weight is 397 g/mol. The highest BCUT2D eigenvalue weighted by molar-refractivity contribution is 7.99. The van der Waals surface area contributed by atoms with Gasteiger partial charge in [-0.25, -0.2) is 4.98 Å². The molecule has 1 aromatic rings. The van der Waals surface area contributed by atoms with E-state index < -0.39 is 13.7 Å². The lowest BCUT2D eigenvalue weighted by atomic mass is 10.2. The lowest BCUT2D eigenvalue weighted by Crippen LogP contribution is -2.46. The number of hydrogen-bond acceptors (Lipinski definition) is 6. The van der Waals surface area contributed by atoms with Crippen LogP contribution in [0.2, 0.25) is 18.1 Å². The zero-order valence-corrected chi connectivity index (χ0v) is 18.1. The fourth-order valence-corrected chi connectivity index (χ4v) is 4.06. The number of pyridine rings is 1. The monoisotopic (exact) mass is 396 g/mol. The van der Waals surface area contributed by atoms with Crippen LogP contribution in [0.5, 0.6) is 5.88 Å². The summed E-state index contributed by atoms with van der Waals surface area (Å²) in [6.07, 6.45) is 3.67. The van der Waals surface area contributed by atoms with Crippen LogP contribution < -0.4 is 4.74 Å². The Morgan fingerprint density at radius 2 is 2.12 bits per heavy atom. The molecule has 1 rings (SSSR count). The summed E-state index contributed by atoms with van der Waals surface area (Å²) in [5, 5.41) is 3.47. The molecule has 0 saturated heterocycles. The summed E-state index contributed by atoms with van der Waals surface area (Å²) >= 11 is 1.42. The Kier molecular flexibility index (Phi) is 8.62. The van der Waals surface area contributed by atoms with Crippen molar-refractivity contribution in [3.63, 3.8) is 0 Å². The SMILES string of the molecule is CSC(N=[N+]=[N-])C(CCC(=O)Oc1ccccn1)O[Si](C)(C)C(C)(C)C. The van der Waals surface area contributed by atoms with Crippen molar-refractivity contribution in [1.82, 2.24) is 4.98 Å². The standard InChI is InChI=1S/C17H28N4O3SSi/c1-17(2,3)26(5,6)24-13(16(25-4)20-21-18)10-11-15(22)23-14-9-7-8-12-19-14/h7-9,12-13,16H,10-11H2,1-6H3. The Hall–Kier alpha value is -1.54. The number of carbonyl (C=O) groups excluding carboxylic acids is 1. The van der Waals surface area contributed by atoms with Gasteiger partial charge in [0, 0.05) is 23.6 Å². The number of esters is 1. The Balaban J connectivity index is 2.82. The van der Waals surface area contributed by atoms with E-state index in [2.05, 4.69) is 48.9 Å². The topological polar surface area (TPSA) is 97.2 Å². The molecule has 0 amide bonds. The number of nitrogens with zero attached hydrogens (tertiary/aromatic N) is 4. The molecule has 0 aromatic carbocycles. The van der Waals surface area contributed by atoms with Crippen LogP contribution in [-0.4, -0.2) is 37.0 Å². The molecule has 0 saturated carbocycles. The van der Waals surface area contributed by atoms with Gasteiger partial charge in [0.05, 0.1) is 6.10 Å². The van der Waals surface area contributed by atoms with Crippen molar-refractivity contribution in [1.29, 1.82) is 0 Å². The van der Waals surface area contributed by atoms with Crippen LogP contribution in [0, 0.1) is 0 Å². The molecule has 2 unspecified atom stereocenters. The van der Waals surface area contributed by atoms with Gasteiger partial charge in [-0.1, -0.05) is 32.0 Å². The van der Waals surface area contributed by atoms with E-state index in [-0.39, 0.29) is 29.4 Å². The van der Waals surface area contributed by atoms with Crippen molar-refractivity contribution in [3.8, 4) is 5.88 Å². The van der Waals surface area contributed by atoms with E-state index in [1.165, 1.54) is 11.8 Å². The van der Waals surface area contributed by atoms with Crippen LogP contribution in [0.25, 0.3) is 10.4 Å². The highest BCUT2D eigenvalue weighted by atomic mass is 32.2. The third kappa shape index (κ3) is 6.99.